The first-order valence-corrected chi connectivity index (χ1v) is 3.54. The van der Waals surface area contributed by atoms with Crippen LogP contribution in [0, 0.1) is 11.3 Å². The summed E-state index contributed by atoms with van der Waals surface area (Å²) in [5, 5.41) is 3.41. The highest BCUT2D eigenvalue weighted by atomic mass is 14.9. The molecule has 46 valence electrons. The molecule has 2 atom stereocenters. The van der Waals surface area contributed by atoms with Gasteiger partial charge in [0.25, 0.3) is 0 Å². The van der Waals surface area contributed by atoms with Crippen LogP contribution in [-0.4, -0.2) is 13.1 Å². The molecule has 0 radical (unpaired) electrons. The van der Waals surface area contributed by atoms with Crippen LogP contribution in [0.2, 0.25) is 0 Å². The smallest absolute Gasteiger partial charge is 0.00109 e. The molecule has 2 fully saturated rings. The van der Waals surface area contributed by atoms with Crippen LogP contribution in [0.5, 0.6) is 0 Å². The Balaban J connectivity index is 2.06. The normalized spacial score (nSPS) is 52.9. The second-order valence-electron chi connectivity index (χ2n) is 3.39. The molecule has 1 saturated carbocycles. The van der Waals surface area contributed by atoms with Gasteiger partial charge in [-0.15, -0.1) is 0 Å². The van der Waals surface area contributed by atoms with Gasteiger partial charge in [-0.05, 0) is 30.7 Å². The van der Waals surface area contributed by atoms with Crippen molar-refractivity contribution < 1.29 is 0 Å². The topological polar surface area (TPSA) is 12.0 Å². The van der Waals surface area contributed by atoms with Gasteiger partial charge in [-0.3, -0.25) is 0 Å². The standard InChI is InChI=1S/C7H13N/c1-6-4-7(6)2-3-8-5-7/h6,8H,2-5H2,1H3/t6-,7-/m1/s1. The van der Waals surface area contributed by atoms with E-state index in [-0.39, 0.29) is 0 Å². The summed E-state index contributed by atoms with van der Waals surface area (Å²) >= 11 is 0. The number of nitrogens with one attached hydrogen (secondary N) is 1. The third kappa shape index (κ3) is 0.455. The average Bonchev–Trinajstić information content (AvgIpc) is 2.29. The molecule has 1 N–H and O–H groups in total. The van der Waals surface area contributed by atoms with Crippen LogP contribution in [-0.2, 0) is 0 Å². The average molecular weight is 111 g/mol. The molecule has 2 aliphatic rings. The maximum atomic E-state index is 3.41. The maximum Gasteiger partial charge on any atom is 0.00109 e. The molecule has 2 rings (SSSR count). The van der Waals surface area contributed by atoms with Crippen LogP contribution in [0.1, 0.15) is 19.8 Å². The largest absolute Gasteiger partial charge is 0.316 e. The molecule has 0 unspecified atom stereocenters. The van der Waals surface area contributed by atoms with Crippen molar-refractivity contribution in [2.24, 2.45) is 11.3 Å². The molecule has 8 heavy (non-hydrogen) atoms. The summed E-state index contributed by atoms with van der Waals surface area (Å²) in [6, 6.07) is 0. The summed E-state index contributed by atoms with van der Waals surface area (Å²) < 4.78 is 0. The Hall–Kier alpha value is -0.0400. The Labute approximate surface area is 50.5 Å². The van der Waals surface area contributed by atoms with Crippen LogP contribution in [0.4, 0.5) is 0 Å². The van der Waals surface area contributed by atoms with E-state index in [2.05, 4.69) is 12.2 Å². The van der Waals surface area contributed by atoms with E-state index >= 15 is 0 Å². The summed E-state index contributed by atoms with van der Waals surface area (Å²) in [5.74, 6) is 1.03. The van der Waals surface area contributed by atoms with E-state index in [1.165, 1.54) is 25.9 Å². The molecule has 1 aliphatic carbocycles. The zero-order valence-corrected chi connectivity index (χ0v) is 5.41. The van der Waals surface area contributed by atoms with E-state index in [1.54, 1.807) is 0 Å². The van der Waals surface area contributed by atoms with Crippen molar-refractivity contribution in [3.05, 3.63) is 0 Å². The number of hydrogen-bond acceptors (Lipinski definition) is 1. The summed E-state index contributed by atoms with van der Waals surface area (Å²) in [7, 11) is 0. The van der Waals surface area contributed by atoms with Crippen molar-refractivity contribution in [3.8, 4) is 0 Å². The fraction of sp³-hybridized carbons (Fsp3) is 1.00. The highest BCUT2D eigenvalue weighted by Crippen LogP contribution is 2.55. The van der Waals surface area contributed by atoms with Gasteiger partial charge in [0, 0.05) is 6.54 Å². The van der Waals surface area contributed by atoms with Crippen molar-refractivity contribution in [1.82, 2.24) is 5.32 Å². The van der Waals surface area contributed by atoms with Crippen LogP contribution in [0.15, 0.2) is 0 Å². The first-order chi connectivity index (χ1) is 3.83. The van der Waals surface area contributed by atoms with Gasteiger partial charge in [0.05, 0.1) is 0 Å². The van der Waals surface area contributed by atoms with Crippen LogP contribution >= 0.6 is 0 Å². The predicted molar refractivity (Wildman–Crippen MR) is 33.7 cm³/mol. The first kappa shape index (κ1) is 4.80. The van der Waals surface area contributed by atoms with Gasteiger partial charge >= 0.3 is 0 Å². The maximum absolute atomic E-state index is 3.41. The van der Waals surface area contributed by atoms with E-state index in [0.29, 0.717) is 0 Å². The minimum Gasteiger partial charge on any atom is -0.316 e. The van der Waals surface area contributed by atoms with Gasteiger partial charge in [0.1, 0.15) is 0 Å². The molecule has 0 aromatic rings. The van der Waals surface area contributed by atoms with Gasteiger partial charge in [-0.2, -0.15) is 0 Å². The van der Waals surface area contributed by atoms with Crippen LogP contribution in [0.25, 0.3) is 0 Å². The fourth-order valence-electron chi connectivity index (χ4n) is 1.91. The van der Waals surface area contributed by atoms with Crippen molar-refractivity contribution in [2.45, 2.75) is 19.8 Å². The zero-order valence-electron chi connectivity index (χ0n) is 5.41. The Morgan fingerprint density at radius 1 is 1.62 bits per heavy atom. The molecular weight excluding hydrogens is 98.1 g/mol. The van der Waals surface area contributed by atoms with Crippen molar-refractivity contribution in [2.75, 3.05) is 13.1 Å². The van der Waals surface area contributed by atoms with Gasteiger partial charge < -0.3 is 5.32 Å². The molecule has 0 amide bonds. The zero-order chi connectivity index (χ0) is 5.61. The van der Waals surface area contributed by atoms with E-state index < -0.39 is 0 Å². The van der Waals surface area contributed by atoms with E-state index in [9.17, 15) is 0 Å². The molecule has 1 saturated heterocycles. The molecule has 0 aromatic carbocycles. The SMILES string of the molecule is C[C@@H]1C[C@@]12CCNC2. The predicted octanol–water partition coefficient (Wildman–Crippen LogP) is 1.01. The minimum absolute atomic E-state index is 0.792. The second kappa shape index (κ2) is 1.27. The lowest BCUT2D eigenvalue weighted by Crippen LogP contribution is -2.10. The lowest BCUT2D eigenvalue weighted by molar-refractivity contribution is 0.520. The monoisotopic (exact) mass is 111 g/mol. The fourth-order valence-corrected chi connectivity index (χ4v) is 1.91. The van der Waals surface area contributed by atoms with Gasteiger partial charge in [0.2, 0.25) is 0 Å². The van der Waals surface area contributed by atoms with Crippen molar-refractivity contribution in [3.63, 3.8) is 0 Å². The summed E-state index contributed by atoms with van der Waals surface area (Å²) in [6.45, 7) is 4.94. The molecule has 1 heteroatoms. The molecule has 1 heterocycles. The quantitative estimate of drug-likeness (QED) is 0.492. The van der Waals surface area contributed by atoms with E-state index in [1.807, 2.05) is 0 Å². The van der Waals surface area contributed by atoms with Crippen LogP contribution < -0.4 is 5.32 Å². The van der Waals surface area contributed by atoms with Crippen molar-refractivity contribution in [1.29, 1.82) is 0 Å². The third-order valence-electron chi connectivity index (χ3n) is 2.87. The van der Waals surface area contributed by atoms with Gasteiger partial charge in [0.15, 0.2) is 0 Å². The Morgan fingerprint density at radius 3 is 2.62 bits per heavy atom. The Bertz CT molecular complexity index is 103. The third-order valence-corrected chi connectivity index (χ3v) is 2.87. The van der Waals surface area contributed by atoms with Gasteiger partial charge in [-0.25, -0.2) is 0 Å². The molecular formula is C7H13N. The molecule has 0 aromatic heterocycles. The summed E-state index contributed by atoms with van der Waals surface area (Å²) in [4.78, 5) is 0. The first-order valence-electron chi connectivity index (χ1n) is 3.54. The Kier molecular flexibility index (Phi) is 0.762. The van der Waals surface area contributed by atoms with E-state index in [4.69, 9.17) is 0 Å². The lowest BCUT2D eigenvalue weighted by Gasteiger charge is -2.00. The lowest BCUT2D eigenvalue weighted by atomic mass is 10.0. The summed E-state index contributed by atoms with van der Waals surface area (Å²) in [5.41, 5.74) is 0.792. The second-order valence-corrected chi connectivity index (χ2v) is 3.39. The summed E-state index contributed by atoms with van der Waals surface area (Å²) in [6.07, 6.45) is 2.92. The highest BCUT2D eigenvalue weighted by molar-refractivity contribution is 5.04. The van der Waals surface area contributed by atoms with E-state index in [0.717, 1.165) is 11.3 Å². The number of hydrogen-bond donors (Lipinski definition) is 1. The van der Waals surface area contributed by atoms with Gasteiger partial charge in [-0.1, -0.05) is 6.92 Å². The number of rotatable bonds is 0. The molecule has 1 aliphatic heterocycles. The minimum atomic E-state index is 0.792. The Morgan fingerprint density at radius 2 is 2.38 bits per heavy atom. The molecule has 0 bridgehead atoms. The molecule has 1 nitrogen and oxygen atoms in total. The highest BCUT2D eigenvalue weighted by Gasteiger charge is 2.51. The molecule has 1 spiro atoms. The van der Waals surface area contributed by atoms with Crippen LogP contribution in [0.3, 0.4) is 0 Å². The van der Waals surface area contributed by atoms with Crippen molar-refractivity contribution >= 4 is 0 Å².